The molecule has 4 rings (SSSR count). The van der Waals surface area contributed by atoms with Crippen LogP contribution in [0.15, 0.2) is 40.9 Å². The van der Waals surface area contributed by atoms with Gasteiger partial charge in [0.05, 0.1) is 6.04 Å². The molecule has 0 unspecified atom stereocenters. The van der Waals surface area contributed by atoms with Crippen LogP contribution >= 0.6 is 15.9 Å². The molecule has 3 heteroatoms. The van der Waals surface area contributed by atoms with Crippen molar-refractivity contribution >= 4 is 21.8 Å². The summed E-state index contributed by atoms with van der Waals surface area (Å²) in [4.78, 5) is 15.3. The number of halogens is 1. The minimum absolute atomic E-state index is 0.186. The molecule has 118 valence electrons. The van der Waals surface area contributed by atoms with Gasteiger partial charge in [0.15, 0.2) is 0 Å². The minimum atomic E-state index is 0.186. The number of carbonyl (C=O) groups is 1. The van der Waals surface area contributed by atoms with Gasteiger partial charge in [0, 0.05) is 16.1 Å². The van der Waals surface area contributed by atoms with Gasteiger partial charge in [-0.2, -0.15) is 0 Å². The molecule has 2 aliphatic rings. The molecule has 0 radical (unpaired) electrons. The summed E-state index contributed by atoms with van der Waals surface area (Å²) in [5.74, 6) is 0.186. The van der Waals surface area contributed by atoms with Crippen molar-refractivity contribution in [2.24, 2.45) is 0 Å². The van der Waals surface area contributed by atoms with E-state index in [0.717, 1.165) is 29.3 Å². The Labute approximate surface area is 145 Å². The molecule has 0 N–H and O–H groups in total. The molecule has 0 aliphatic carbocycles. The van der Waals surface area contributed by atoms with Crippen molar-refractivity contribution in [1.29, 1.82) is 0 Å². The van der Waals surface area contributed by atoms with E-state index in [1.807, 2.05) is 12.1 Å². The fourth-order valence-electron chi connectivity index (χ4n) is 4.04. The van der Waals surface area contributed by atoms with E-state index >= 15 is 0 Å². The monoisotopic (exact) mass is 369 g/mol. The number of nitrogens with zero attached hydrogens (tertiary/aromatic N) is 1. The molecular formula is C20H20BrNO. The van der Waals surface area contributed by atoms with Crippen LogP contribution in [-0.2, 0) is 6.42 Å². The standard InChI is InChI=1S/C20H20BrNO/c1-12-3-4-15(9-13(12)2)20(23)22-17-7-8-19(22)18-11-16(21)6-5-14(18)10-17/h3-6,9,11,17,19H,7-8,10H2,1-2H3/t17-,19+/m1/s1. The maximum absolute atomic E-state index is 13.1. The predicted octanol–water partition coefficient (Wildman–Crippen LogP) is 4.97. The zero-order valence-corrected chi connectivity index (χ0v) is 15.1. The van der Waals surface area contributed by atoms with Crippen LogP contribution in [0.25, 0.3) is 0 Å². The summed E-state index contributed by atoms with van der Waals surface area (Å²) in [7, 11) is 0. The van der Waals surface area contributed by atoms with E-state index in [1.165, 1.54) is 22.3 Å². The maximum atomic E-state index is 13.1. The lowest BCUT2D eigenvalue weighted by molar-refractivity contribution is 0.0646. The first kappa shape index (κ1) is 14.9. The molecule has 2 aliphatic heterocycles. The van der Waals surface area contributed by atoms with Gasteiger partial charge < -0.3 is 4.90 Å². The number of fused-ring (bicyclic) bond motifs is 4. The van der Waals surface area contributed by atoms with Crippen LogP contribution in [0.5, 0.6) is 0 Å². The first-order valence-electron chi connectivity index (χ1n) is 8.23. The van der Waals surface area contributed by atoms with E-state index < -0.39 is 0 Å². The Morgan fingerprint density at radius 2 is 1.91 bits per heavy atom. The van der Waals surface area contributed by atoms with Crippen LogP contribution in [0.1, 0.15) is 51.5 Å². The fourth-order valence-corrected chi connectivity index (χ4v) is 4.41. The summed E-state index contributed by atoms with van der Waals surface area (Å²) in [5.41, 5.74) is 5.97. The van der Waals surface area contributed by atoms with E-state index in [0.29, 0.717) is 6.04 Å². The molecular weight excluding hydrogens is 350 g/mol. The normalized spacial score (nSPS) is 22.1. The summed E-state index contributed by atoms with van der Waals surface area (Å²) in [6.07, 6.45) is 3.16. The van der Waals surface area contributed by atoms with Crippen molar-refractivity contribution in [2.75, 3.05) is 0 Å². The molecule has 2 atom stereocenters. The Balaban J connectivity index is 1.72. The van der Waals surface area contributed by atoms with Gasteiger partial charge in [-0.15, -0.1) is 0 Å². The highest BCUT2D eigenvalue weighted by atomic mass is 79.9. The maximum Gasteiger partial charge on any atom is 0.254 e. The Bertz CT molecular complexity index is 798. The minimum Gasteiger partial charge on any atom is -0.328 e. The molecule has 2 heterocycles. The van der Waals surface area contributed by atoms with Crippen LogP contribution in [0, 0.1) is 13.8 Å². The number of hydrogen-bond donors (Lipinski definition) is 0. The summed E-state index contributed by atoms with van der Waals surface area (Å²) in [6.45, 7) is 4.16. The van der Waals surface area contributed by atoms with Crippen molar-refractivity contribution < 1.29 is 4.79 Å². The van der Waals surface area contributed by atoms with Crippen LogP contribution in [0.2, 0.25) is 0 Å². The number of benzene rings is 2. The largest absolute Gasteiger partial charge is 0.328 e. The Kier molecular flexibility index (Phi) is 3.56. The average Bonchev–Trinajstić information content (AvgIpc) is 2.86. The van der Waals surface area contributed by atoms with Gasteiger partial charge in [-0.3, -0.25) is 4.79 Å². The lowest BCUT2D eigenvalue weighted by atomic mass is 9.92. The molecule has 1 fully saturated rings. The highest BCUT2D eigenvalue weighted by Gasteiger charge is 2.42. The van der Waals surface area contributed by atoms with Gasteiger partial charge in [0.25, 0.3) is 5.91 Å². The van der Waals surface area contributed by atoms with Crippen LogP contribution < -0.4 is 0 Å². The lowest BCUT2D eigenvalue weighted by Gasteiger charge is -2.36. The van der Waals surface area contributed by atoms with Gasteiger partial charge in [-0.05, 0) is 79.6 Å². The van der Waals surface area contributed by atoms with Gasteiger partial charge >= 0.3 is 0 Å². The van der Waals surface area contributed by atoms with Crippen molar-refractivity contribution in [3.63, 3.8) is 0 Å². The average molecular weight is 370 g/mol. The molecule has 2 nitrogen and oxygen atoms in total. The van der Waals surface area contributed by atoms with Crippen LogP contribution in [0.3, 0.4) is 0 Å². The Morgan fingerprint density at radius 3 is 2.70 bits per heavy atom. The molecule has 2 bridgehead atoms. The predicted molar refractivity (Wildman–Crippen MR) is 95.7 cm³/mol. The number of hydrogen-bond acceptors (Lipinski definition) is 1. The SMILES string of the molecule is Cc1ccc(C(=O)N2[C@@H]3CC[C@H]2c2cc(Br)ccc2C3)cc1C. The second kappa shape index (κ2) is 5.48. The van der Waals surface area contributed by atoms with Crippen LogP contribution in [-0.4, -0.2) is 16.8 Å². The topological polar surface area (TPSA) is 20.3 Å². The van der Waals surface area contributed by atoms with E-state index in [4.69, 9.17) is 0 Å². The first-order chi connectivity index (χ1) is 11.0. The second-order valence-corrected chi connectivity index (χ2v) is 7.72. The Hall–Kier alpha value is -1.61. The molecule has 0 saturated carbocycles. The molecule has 2 aromatic rings. The number of carbonyl (C=O) groups excluding carboxylic acids is 1. The number of aryl methyl sites for hydroxylation is 2. The van der Waals surface area contributed by atoms with Crippen molar-refractivity contribution in [2.45, 2.75) is 45.2 Å². The molecule has 2 aromatic carbocycles. The van der Waals surface area contributed by atoms with Crippen molar-refractivity contribution in [3.8, 4) is 0 Å². The third kappa shape index (κ3) is 2.42. The zero-order valence-electron chi connectivity index (χ0n) is 13.5. The highest BCUT2D eigenvalue weighted by Crippen LogP contribution is 2.45. The Morgan fingerprint density at radius 1 is 1.09 bits per heavy atom. The molecule has 1 saturated heterocycles. The summed E-state index contributed by atoms with van der Waals surface area (Å²) >= 11 is 3.58. The molecule has 1 amide bonds. The van der Waals surface area contributed by atoms with Gasteiger partial charge in [0.1, 0.15) is 0 Å². The molecule has 23 heavy (non-hydrogen) atoms. The number of amides is 1. The quantitative estimate of drug-likeness (QED) is 0.694. The lowest BCUT2D eigenvalue weighted by Crippen LogP contribution is -2.41. The second-order valence-electron chi connectivity index (χ2n) is 6.81. The van der Waals surface area contributed by atoms with Crippen molar-refractivity contribution in [1.82, 2.24) is 4.90 Å². The highest BCUT2D eigenvalue weighted by molar-refractivity contribution is 9.10. The first-order valence-corrected chi connectivity index (χ1v) is 9.02. The van der Waals surface area contributed by atoms with Gasteiger partial charge in [-0.25, -0.2) is 0 Å². The van der Waals surface area contributed by atoms with E-state index in [2.05, 4.69) is 58.9 Å². The summed E-state index contributed by atoms with van der Waals surface area (Å²) < 4.78 is 1.10. The van der Waals surface area contributed by atoms with Crippen LogP contribution in [0.4, 0.5) is 0 Å². The third-order valence-electron chi connectivity index (χ3n) is 5.41. The summed E-state index contributed by atoms with van der Waals surface area (Å²) in [5, 5.41) is 0. The van der Waals surface area contributed by atoms with E-state index in [1.54, 1.807) is 0 Å². The molecule has 0 spiro atoms. The summed E-state index contributed by atoms with van der Waals surface area (Å²) in [6, 6.07) is 13.2. The van der Waals surface area contributed by atoms with Crippen molar-refractivity contribution in [3.05, 3.63) is 68.7 Å². The zero-order chi connectivity index (χ0) is 16.1. The number of rotatable bonds is 1. The van der Waals surface area contributed by atoms with E-state index in [9.17, 15) is 4.79 Å². The molecule has 0 aromatic heterocycles. The third-order valence-corrected chi connectivity index (χ3v) is 5.91. The fraction of sp³-hybridized carbons (Fsp3) is 0.350. The smallest absolute Gasteiger partial charge is 0.254 e. The van der Waals surface area contributed by atoms with E-state index in [-0.39, 0.29) is 11.9 Å². The van der Waals surface area contributed by atoms with Gasteiger partial charge in [-0.1, -0.05) is 28.1 Å². The van der Waals surface area contributed by atoms with Gasteiger partial charge in [0.2, 0.25) is 0 Å².